The molecule has 0 saturated carbocycles. The second-order valence-electron chi connectivity index (χ2n) is 5.29. The van der Waals surface area contributed by atoms with E-state index in [1.807, 2.05) is 11.8 Å². The molecule has 0 bridgehead atoms. The largest absolute Gasteiger partial charge is 0.339 e. The Morgan fingerprint density at radius 3 is 2.94 bits per heavy atom. The summed E-state index contributed by atoms with van der Waals surface area (Å²) in [6.07, 6.45) is 3.39. The Balaban J connectivity index is 2.07. The topological polar surface area (TPSA) is 51.0 Å². The predicted octanol–water partition coefficient (Wildman–Crippen LogP) is 2.74. The molecule has 1 saturated heterocycles. The van der Waals surface area contributed by atoms with E-state index in [1.54, 1.807) is 0 Å². The summed E-state index contributed by atoms with van der Waals surface area (Å²) in [7, 11) is 0. The van der Waals surface area contributed by atoms with Gasteiger partial charge in [-0.15, -0.1) is 0 Å². The Labute approximate surface area is 113 Å². The van der Waals surface area contributed by atoms with Gasteiger partial charge in [-0.3, -0.25) is 0 Å². The van der Waals surface area contributed by atoms with Crippen LogP contribution in [0.4, 0.5) is 0 Å². The molecule has 1 aromatic rings. The lowest BCUT2D eigenvalue weighted by molar-refractivity contribution is 0.220. The van der Waals surface area contributed by atoms with Gasteiger partial charge < -0.3 is 9.84 Å². The first kappa shape index (κ1) is 13.9. The standard InChI is InChI=1S/C13H23N3OS/c1-4-13(6-5-7-14-9-13)12-15-11(16-17-12)8-18-10(2)3/h10,14H,4-9H2,1-3H3. The molecule has 0 radical (unpaired) electrons. The molecule has 1 fully saturated rings. The fourth-order valence-electron chi connectivity index (χ4n) is 2.37. The second kappa shape index (κ2) is 6.06. The van der Waals surface area contributed by atoms with E-state index < -0.39 is 0 Å². The summed E-state index contributed by atoms with van der Waals surface area (Å²) < 4.78 is 5.52. The third-order valence-electron chi connectivity index (χ3n) is 3.62. The smallest absolute Gasteiger partial charge is 0.234 e. The minimum Gasteiger partial charge on any atom is -0.339 e. The summed E-state index contributed by atoms with van der Waals surface area (Å²) in [6.45, 7) is 8.64. The third kappa shape index (κ3) is 3.06. The molecule has 1 aromatic heterocycles. The van der Waals surface area contributed by atoms with Crippen LogP contribution in [-0.2, 0) is 11.2 Å². The van der Waals surface area contributed by atoms with Crippen LogP contribution in [0, 0.1) is 0 Å². The third-order valence-corrected chi connectivity index (χ3v) is 4.71. The summed E-state index contributed by atoms with van der Waals surface area (Å²) in [4.78, 5) is 4.61. The molecule has 5 heteroatoms. The maximum Gasteiger partial charge on any atom is 0.234 e. The summed E-state index contributed by atoms with van der Waals surface area (Å²) >= 11 is 1.85. The van der Waals surface area contributed by atoms with Gasteiger partial charge in [0, 0.05) is 6.54 Å². The zero-order chi connectivity index (χ0) is 13.0. The summed E-state index contributed by atoms with van der Waals surface area (Å²) in [5, 5.41) is 8.17. The summed E-state index contributed by atoms with van der Waals surface area (Å²) in [5.74, 6) is 2.51. The van der Waals surface area contributed by atoms with Crippen LogP contribution in [-0.4, -0.2) is 28.5 Å². The van der Waals surface area contributed by atoms with Crippen molar-refractivity contribution >= 4 is 11.8 Å². The first-order valence-electron chi connectivity index (χ1n) is 6.82. The van der Waals surface area contributed by atoms with Crippen LogP contribution < -0.4 is 5.32 Å². The Kier molecular flexibility index (Phi) is 4.67. The molecule has 1 N–H and O–H groups in total. The van der Waals surface area contributed by atoms with E-state index in [2.05, 4.69) is 36.2 Å². The van der Waals surface area contributed by atoms with Crippen molar-refractivity contribution in [2.45, 2.75) is 56.5 Å². The van der Waals surface area contributed by atoms with Gasteiger partial charge in [-0.2, -0.15) is 16.7 Å². The molecule has 102 valence electrons. The lowest BCUT2D eigenvalue weighted by Gasteiger charge is -2.33. The zero-order valence-corrected chi connectivity index (χ0v) is 12.3. The van der Waals surface area contributed by atoms with Crippen LogP contribution in [0.1, 0.15) is 51.7 Å². The summed E-state index contributed by atoms with van der Waals surface area (Å²) in [6, 6.07) is 0. The van der Waals surface area contributed by atoms with Gasteiger partial charge >= 0.3 is 0 Å². The maximum atomic E-state index is 5.52. The normalized spacial score (nSPS) is 24.7. The Hall–Kier alpha value is -0.550. The molecule has 0 amide bonds. The van der Waals surface area contributed by atoms with Crippen LogP contribution in [0.5, 0.6) is 0 Å². The van der Waals surface area contributed by atoms with Crippen molar-refractivity contribution in [3.05, 3.63) is 11.7 Å². The van der Waals surface area contributed by atoms with Gasteiger partial charge in [0.1, 0.15) is 0 Å². The van der Waals surface area contributed by atoms with Crippen molar-refractivity contribution in [1.29, 1.82) is 0 Å². The molecule has 0 aromatic carbocycles. The highest BCUT2D eigenvalue weighted by Crippen LogP contribution is 2.33. The molecule has 1 unspecified atom stereocenters. The van der Waals surface area contributed by atoms with Gasteiger partial charge in [0.05, 0.1) is 11.2 Å². The minimum absolute atomic E-state index is 0.0615. The molecule has 2 rings (SSSR count). The quantitative estimate of drug-likeness (QED) is 0.890. The monoisotopic (exact) mass is 269 g/mol. The van der Waals surface area contributed by atoms with E-state index >= 15 is 0 Å². The Morgan fingerprint density at radius 1 is 1.50 bits per heavy atom. The fraction of sp³-hybridized carbons (Fsp3) is 0.846. The first-order valence-corrected chi connectivity index (χ1v) is 7.86. The average molecular weight is 269 g/mol. The first-order chi connectivity index (χ1) is 8.66. The summed E-state index contributed by atoms with van der Waals surface area (Å²) in [5.41, 5.74) is 0.0615. The van der Waals surface area contributed by atoms with Gasteiger partial charge in [0.2, 0.25) is 5.89 Å². The SMILES string of the molecule is CCC1(c2nc(CSC(C)C)no2)CCCNC1. The fourth-order valence-corrected chi connectivity index (χ4v) is 2.97. The highest BCUT2D eigenvalue weighted by atomic mass is 32.2. The lowest BCUT2D eigenvalue weighted by Crippen LogP contribution is -2.43. The van der Waals surface area contributed by atoms with Crippen molar-refractivity contribution in [1.82, 2.24) is 15.5 Å². The van der Waals surface area contributed by atoms with E-state index in [1.165, 1.54) is 6.42 Å². The van der Waals surface area contributed by atoms with E-state index in [4.69, 9.17) is 4.52 Å². The molecule has 1 atom stereocenters. The maximum absolute atomic E-state index is 5.52. The van der Waals surface area contributed by atoms with E-state index in [0.717, 1.165) is 43.4 Å². The number of thioether (sulfide) groups is 1. The van der Waals surface area contributed by atoms with Crippen LogP contribution in [0.25, 0.3) is 0 Å². The predicted molar refractivity (Wildman–Crippen MR) is 74.8 cm³/mol. The van der Waals surface area contributed by atoms with E-state index in [0.29, 0.717) is 5.25 Å². The van der Waals surface area contributed by atoms with Crippen LogP contribution >= 0.6 is 11.8 Å². The molecule has 0 spiro atoms. The minimum atomic E-state index is 0.0615. The molecule has 1 aliphatic heterocycles. The van der Waals surface area contributed by atoms with E-state index in [9.17, 15) is 0 Å². The molecular formula is C13H23N3OS. The Bertz CT molecular complexity index is 372. The van der Waals surface area contributed by atoms with Gasteiger partial charge in [0.25, 0.3) is 0 Å². The van der Waals surface area contributed by atoms with Crippen molar-refractivity contribution < 1.29 is 4.52 Å². The van der Waals surface area contributed by atoms with Crippen molar-refractivity contribution in [3.8, 4) is 0 Å². The molecule has 2 heterocycles. The molecule has 18 heavy (non-hydrogen) atoms. The molecule has 4 nitrogen and oxygen atoms in total. The number of nitrogens with zero attached hydrogens (tertiary/aromatic N) is 2. The van der Waals surface area contributed by atoms with Crippen LogP contribution in [0.15, 0.2) is 4.52 Å². The highest BCUT2D eigenvalue weighted by molar-refractivity contribution is 7.99. The molecule has 1 aliphatic rings. The number of hydrogen-bond donors (Lipinski definition) is 1. The Morgan fingerprint density at radius 2 is 2.33 bits per heavy atom. The number of nitrogens with one attached hydrogen (secondary N) is 1. The van der Waals surface area contributed by atoms with Gasteiger partial charge in [-0.05, 0) is 31.1 Å². The van der Waals surface area contributed by atoms with E-state index in [-0.39, 0.29) is 5.41 Å². The van der Waals surface area contributed by atoms with Gasteiger partial charge in [0.15, 0.2) is 5.82 Å². The number of piperidine rings is 1. The molecule has 0 aliphatic carbocycles. The van der Waals surface area contributed by atoms with Crippen LogP contribution in [0.2, 0.25) is 0 Å². The van der Waals surface area contributed by atoms with Crippen molar-refractivity contribution in [2.24, 2.45) is 0 Å². The zero-order valence-electron chi connectivity index (χ0n) is 11.5. The van der Waals surface area contributed by atoms with Gasteiger partial charge in [-0.1, -0.05) is 25.9 Å². The highest BCUT2D eigenvalue weighted by Gasteiger charge is 2.37. The van der Waals surface area contributed by atoms with Crippen molar-refractivity contribution in [2.75, 3.05) is 13.1 Å². The number of hydrogen-bond acceptors (Lipinski definition) is 5. The van der Waals surface area contributed by atoms with Gasteiger partial charge in [-0.25, -0.2) is 0 Å². The van der Waals surface area contributed by atoms with Crippen molar-refractivity contribution in [3.63, 3.8) is 0 Å². The number of aromatic nitrogens is 2. The second-order valence-corrected chi connectivity index (χ2v) is 6.85. The average Bonchev–Trinajstić information content (AvgIpc) is 2.86. The number of rotatable bonds is 5. The van der Waals surface area contributed by atoms with Crippen LogP contribution in [0.3, 0.4) is 0 Å². The molecular weight excluding hydrogens is 246 g/mol. The lowest BCUT2D eigenvalue weighted by atomic mass is 9.78.